The zero-order valence-electron chi connectivity index (χ0n) is 12.7. The minimum Gasteiger partial charge on any atom is -0.398 e. The molecule has 0 heterocycles. The molecule has 0 amide bonds. The van der Waals surface area contributed by atoms with Crippen LogP contribution < -0.4 is 5.73 Å². The number of rotatable bonds is 4. The topological polar surface area (TPSA) is 35.2 Å². The van der Waals surface area contributed by atoms with Gasteiger partial charge in [-0.3, -0.25) is 0 Å². The van der Waals surface area contributed by atoms with E-state index in [9.17, 15) is 0 Å². The van der Waals surface area contributed by atoms with E-state index in [0.717, 1.165) is 28.6 Å². The lowest BCUT2D eigenvalue weighted by molar-refractivity contribution is -0.0470. The van der Waals surface area contributed by atoms with Crippen molar-refractivity contribution >= 4 is 17.3 Å². The van der Waals surface area contributed by atoms with E-state index in [1.165, 1.54) is 12.8 Å². The van der Waals surface area contributed by atoms with Crippen molar-refractivity contribution in [3.05, 3.63) is 28.8 Å². The molecule has 3 unspecified atom stereocenters. The molecule has 0 aromatic heterocycles. The first-order valence-corrected chi connectivity index (χ1v) is 8.00. The molecule has 112 valence electrons. The molecule has 1 aromatic rings. The van der Waals surface area contributed by atoms with E-state index in [1.807, 2.05) is 18.2 Å². The maximum absolute atomic E-state index is 6.21. The van der Waals surface area contributed by atoms with Crippen molar-refractivity contribution in [2.45, 2.75) is 52.7 Å². The summed E-state index contributed by atoms with van der Waals surface area (Å²) in [6.45, 7) is 7.48. The summed E-state index contributed by atoms with van der Waals surface area (Å²) in [4.78, 5) is 0. The summed E-state index contributed by atoms with van der Waals surface area (Å²) in [6, 6.07) is 5.58. The predicted molar refractivity (Wildman–Crippen MR) is 85.8 cm³/mol. The summed E-state index contributed by atoms with van der Waals surface area (Å²) in [5, 5.41) is 0.718. The van der Waals surface area contributed by atoms with Crippen LogP contribution in [0.25, 0.3) is 0 Å². The summed E-state index contributed by atoms with van der Waals surface area (Å²) in [5.41, 5.74) is 7.75. The molecule has 0 bridgehead atoms. The lowest BCUT2D eigenvalue weighted by Crippen LogP contribution is -2.34. The van der Waals surface area contributed by atoms with Gasteiger partial charge in [0.1, 0.15) is 0 Å². The lowest BCUT2D eigenvalue weighted by Gasteiger charge is -2.37. The number of anilines is 1. The van der Waals surface area contributed by atoms with Crippen molar-refractivity contribution in [2.75, 3.05) is 5.73 Å². The first-order chi connectivity index (χ1) is 9.47. The Labute approximate surface area is 127 Å². The average molecular weight is 296 g/mol. The molecule has 2 nitrogen and oxygen atoms in total. The fraction of sp³-hybridized carbons (Fsp3) is 0.647. The van der Waals surface area contributed by atoms with E-state index in [-0.39, 0.29) is 0 Å². The summed E-state index contributed by atoms with van der Waals surface area (Å²) in [7, 11) is 0. The van der Waals surface area contributed by atoms with Crippen molar-refractivity contribution in [1.82, 2.24) is 0 Å². The van der Waals surface area contributed by atoms with Crippen LogP contribution in [0.4, 0.5) is 5.69 Å². The highest BCUT2D eigenvalue weighted by Crippen LogP contribution is 2.36. The van der Waals surface area contributed by atoms with Crippen molar-refractivity contribution < 1.29 is 4.74 Å². The fourth-order valence-electron chi connectivity index (χ4n) is 3.20. The van der Waals surface area contributed by atoms with Crippen LogP contribution in [0.2, 0.25) is 5.02 Å². The minimum absolute atomic E-state index is 0.345. The highest BCUT2D eigenvalue weighted by molar-refractivity contribution is 6.30. The number of nitrogen functional groups attached to an aromatic ring is 1. The Bertz CT molecular complexity index is 447. The predicted octanol–water partition coefficient (Wildman–Crippen LogP) is 4.90. The number of hydrogen-bond acceptors (Lipinski definition) is 2. The zero-order valence-corrected chi connectivity index (χ0v) is 13.5. The quantitative estimate of drug-likeness (QED) is 0.802. The Morgan fingerprint density at radius 1 is 1.35 bits per heavy atom. The van der Waals surface area contributed by atoms with Crippen molar-refractivity contribution in [3.8, 4) is 0 Å². The van der Waals surface area contributed by atoms with Crippen molar-refractivity contribution in [3.63, 3.8) is 0 Å². The standard InChI is InChI=1S/C17H26ClNO/c1-11(2)15-6-4-12(3)8-17(15)20-10-13-9-14(18)5-7-16(13)19/h5,7,9,11-12,15,17H,4,6,8,10,19H2,1-3H3. The Balaban J connectivity index is 2.01. The van der Waals surface area contributed by atoms with E-state index in [4.69, 9.17) is 22.1 Å². The highest BCUT2D eigenvalue weighted by atomic mass is 35.5. The summed E-state index contributed by atoms with van der Waals surface area (Å²) >= 11 is 6.03. The lowest BCUT2D eigenvalue weighted by atomic mass is 9.75. The molecular formula is C17H26ClNO. The molecule has 0 aliphatic heterocycles. The minimum atomic E-state index is 0.345. The number of ether oxygens (including phenoxy) is 1. The van der Waals surface area contributed by atoms with E-state index in [2.05, 4.69) is 20.8 Å². The molecule has 2 rings (SSSR count). The van der Waals surface area contributed by atoms with Gasteiger partial charge in [0.05, 0.1) is 12.7 Å². The smallest absolute Gasteiger partial charge is 0.0741 e. The van der Waals surface area contributed by atoms with Crippen LogP contribution in [0.5, 0.6) is 0 Å². The molecule has 0 radical (unpaired) electrons. The third kappa shape index (κ3) is 3.89. The third-order valence-electron chi connectivity index (χ3n) is 4.52. The summed E-state index contributed by atoms with van der Waals surface area (Å²) in [6.07, 6.45) is 4.09. The maximum Gasteiger partial charge on any atom is 0.0741 e. The Hall–Kier alpha value is -0.730. The van der Waals surface area contributed by atoms with Gasteiger partial charge in [-0.2, -0.15) is 0 Å². The van der Waals surface area contributed by atoms with Crippen LogP contribution in [0.3, 0.4) is 0 Å². The summed E-state index contributed by atoms with van der Waals surface area (Å²) < 4.78 is 6.21. The molecule has 1 aliphatic rings. The monoisotopic (exact) mass is 295 g/mol. The van der Waals surface area contributed by atoms with Gasteiger partial charge in [0.2, 0.25) is 0 Å². The van der Waals surface area contributed by atoms with Crippen molar-refractivity contribution in [2.24, 2.45) is 17.8 Å². The van der Waals surface area contributed by atoms with E-state index in [0.29, 0.717) is 24.5 Å². The maximum atomic E-state index is 6.21. The second-order valence-electron chi connectivity index (χ2n) is 6.52. The van der Waals surface area contributed by atoms with Gasteiger partial charge in [-0.1, -0.05) is 38.8 Å². The van der Waals surface area contributed by atoms with Crippen LogP contribution in [-0.4, -0.2) is 6.10 Å². The molecule has 1 aliphatic carbocycles. The molecule has 20 heavy (non-hydrogen) atoms. The molecule has 2 N–H and O–H groups in total. The van der Waals surface area contributed by atoms with E-state index in [1.54, 1.807) is 0 Å². The second kappa shape index (κ2) is 6.82. The molecule has 1 fully saturated rings. The van der Waals surface area contributed by atoms with Crippen LogP contribution in [0.15, 0.2) is 18.2 Å². The van der Waals surface area contributed by atoms with E-state index < -0.39 is 0 Å². The van der Waals surface area contributed by atoms with Crippen molar-refractivity contribution in [1.29, 1.82) is 0 Å². The SMILES string of the molecule is CC1CCC(C(C)C)C(OCc2cc(Cl)ccc2N)C1. The summed E-state index contributed by atoms with van der Waals surface area (Å²) in [5.74, 6) is 2.09. The Kier molecular flexibility index (Phi) is 5.34. The Morgan fingerprint density at radius 3 is 2.80 bits per heavy atom. The first-order valence-electron chi connectivity index (χ1n) is 7.63. The van der Waals surface area contributed by atoms with Gasteiger partial charge in [0.15, 0.2) is 0 Å². The fourth-order valence-corrected chi connectivity index (χ4v) is 3.40. The molecule has 1 aromatic carbocycles. The third-order valence-corrected chi connectivity index (χ3v) is 4.75. The van der Waals surface area contributed by atoms with Gasteiger partial charge in [-0.15, -0.1) is 0 Å². The van der Waals surface area contributed by atoms with Crippen LogP contribution >= 0.6 is 11.6 Å². The molecule has 0 spiro atoms. The van der Waals surface area contributed by atoms with Crippen LogP contribution in [0.1, 0.15) is 45.6 Å². The number of benzene rings is 1. The number of nitrogens with two attached hydrogens (primary N) is 1. The van der Waals surface area contributed by atoms with Crippen LogP contribution in [-0.2, 0) is 11.3 Å². The largest absolute Gasteiger partial charge is 0.398 e. The molecule has 1 saturated carbocycles. The van der Waals surface area contributed by atoms with Gasteiger partial charge < -0.3 is 10.5 Å². The van der Waals surface area contributed by atoms with E-state index >= 15 is 0 Å². The first kappa shape index (κ1) is 15.7. The molecule has 3 heteroatoms. The number of halogens is 1. The average Bonchev–Trinajstić information content (AvgIpc) is 2.39. The van der Waals surface area contributed by atoms with Gasteiger partial charge in [0.25, 0.3) is 0 Å². The molecular weight excluding hydrogens is 270 g/mol. The number of hydrogen-bond donors (Lipinski definition) is 1. The highest BCUT2D eigenvalue weighted by Gasteiger charge is 2.31. The normalized spacial score (nSPS) is 26.9. The van der Waals surface area contributed by atoms with Gasteiger partial charge in [-0.05, 0) is 48.8 Å². The van der Waals surface area contributed by atoms with Crippen LogP contribution in [0, 0.1) is 17.8 Å². The zero-order chi connectivity index (χ0) is 14.7. The Morgan fingerprint density at radius 2 is 2.10 bits per heavy atom. The van der Waals surface area contributed by atoms with Gasteiger partial charge in [0, 0.05) is 16.3 Å². The molecule has 0 saturated heterocycles. The molecule has 3 atom stereocenters. The van der Waals surface area contributed by atoms with Gasteiger partial charge >= 0.3 is 0 Å². The van der Waals surface area contributed by atoms with Gasteiger partial charge in [-0.25, -0.2) is 0 Å². The second-order valence-corrected chi connectivity index (χ2v) is 6.96.